The first-order valence-corrected chi connectivity index (χ1v) is 9.00. The number of hydrogen-bond acceptors (Lipinski definition) is 5. The standard InChI is InChI=1S/C22H20N2O4/c1-26-12-13-27-14-20(25)23-18-9-5-4-8-17(18)22-24-21-16-7-3-2-6-15(16)10-11-19(21)28-22/h2-11H,12-14H2,1H3,(H,23,25). The van der Waals surface area contributed by atoms with E-state index in [2.05, 4.69) is 5.32 Å². The van der Waals surface area contributed by atoms with Gasteiger partial charge in [0.15, 0.2) is 5.58 Å². The first-order valence-electron chi connectivity index (χ1n) is 9.00. The second kappa shape index (κ2) is 8.21. The number of hydrogen-bond donors (Lipinski definition) is 1. The van der Waals surface area contributed by atoms with E-state index in [1.165, 1.54) is 0 Å². The van der Waals surface area contributed by atoms with E-state index in [9.17, 15) is 4.79 Å². The molecule has 28 heavy (non-hydrogen) atoms. The minimum Gasteiger partial charge on any atom is -0.436 e. The molecule has 0 saturated carbocycles. The lowest BCUT2D eigenvalue weighted by molar-refractivity contribution is -0.121. The first-order chi connectivity index (χ1) is 13.8. The number of carbonyl (C=O) groups excluding carboxylic acids is 1. The molecule has 6 heteroatoms. The van der Waals surface area contributed by atoms with Gasteiger partial charge < -0.3 is 19.2 Å². The Morgan fingerprint density at radius 1 is 1.04 bits per heavy atom. The number of benzene rings is 3. The Kier molecular flexibility index (Phi) is 5.32. The third-order valence-electron chi connectivity index (χ3n) is 4.38. The molecule has 0 saturated heterocycles. The molecule has 0 fully saturated rings. The van der Waals surface area contributed by atoms with Crippen LogP contribution in [-0.4, -0.2) is 37.8 Å². The molecule has 1 heterocycles. The highest BCUT2D eigenvalue weighted by atomic mass is 16.5. The van der Waals surface area contributed by atoms with Crippen LogP contribution in [-0.2, 0) is 14.3 Å². The summed E-state index contributed by atoms with van der Waals surface area (Å²) in [5, 5.41) is 4.99. The van der Waals surface area contributed by atoms with Crippen LogP contribution in [0.25, 0.3) is 33.3 Å². The van der Waals surface area contributed by atoms with E-state index < -0.39 is 0 Å². The van der Waals surface area contributed by atoms with Crippen LogP contribution in [0.1, 0.15) is 0 Å². The van der Waals surface area contributed by atoms with Gasteiger partial charge in [-0.1, -0.05) is 42.5 Å². The van der Waals surface area contributed by atoms with Crippen molar-refractivity contribution >= 4 is 33.5 Å². The summed E-state index contributed by atoms with van der Waals surface area (Å²) in [6.07, 6.45) is 0. The lowest BCUT2D eigenvalue weighted by Gasteiger charge is -2.09. The van der Waals surface area contributed by atoms with Crippen LogP contribution >= 0.6 is 0 Å². The zero-order chi connectivity index (χ0) is 19.3. The Labute approximate surface area is 162 Å². The molecule has 0 atom stereocenters. The third kappa shape index (κ3) is 3.74. The molecule has 1 N–H and O–H groups in total. The third-order valence-corrected chi connectivity index (χ3v) is 4.38. The molecule has 1 amide bonds. The van der Waals surface area contributed by atoms with Crippen LogP contribution in [0.4, 0.5) is 5.69 Å². The number of ether oxygens (including phenoxy) is 2. The van der Waals surface area contributed by atoms with E-state index in [4.69, 9.17) is 18.9 Å². The first kappa shape index (κ1) is 18.2. The lowest BCUT2D eigenvalue weighted by Crippen LogP contribution is -2.20. The molecule has 6 nitrogen and oxygen atoms in total. The van der Waals surface area contributed by atoms with Crippen molar-refractivity contribution in [3.8, 4) is 11.5 Å². The predicted molar refractivity (Wildman–Crippen MR) is 108 cm³/mol. The van der Waals surface area contributed by atoms with Crippen LogP contribution in [0.3, 0.4) is 0 Å². The topological polar surface area (TPSA) is 73.6 Å². The average Bonchev–Trinajstić information content (AvgIpc) is 3.16. The SMILES string of the molecule is COCCOCC(=O)Nc1ccccc1-c1nc2c(ccc3ccccc32)o1. The number of nitrogens with one attached hydrogen (secondary N) is 1. The van der Waals surface area contributed by atoms with Gasteiger partial charge in [-0.3, -0.25) is 4.79 Å². The quantitative estimate of drug-likeness (QED) is 0.488. The van der Waals surface area contributed by atoms with Gasteiger partial charge in [0.05, 0.1) is 24.5 Å². The van der Waals surface area contributed by atoms with E-state index in [1.807, 2.05) is 60.7 Å². The van der Waals surface area contributed by atoms with E-state index in [1.54, 1.807) is 7.11 Å². The van der Waals surface area contributed by atoms with Crippen molar-refractivity contribution in [3.05, 3.63) is 60.7 Å². The molecule has 4 aromatic rings. The molecule has 0 radical (unpaired) electrons. The fourth-order valence-corrected chi connectivity index (χ4v) is 3.05. The van der Waals surface area contributed by atoms with Gasteiger partial charge in [0.25, 0.3) is 0 Å². The van der Waals surface area contributed by atoms with Crippen LogP contribution in [0.5, 0.6) is 0 Å². The van der Waals surface area contributed by atoms with Gasteiger partial charge in [-0.15, -0.1) is 0 Å². The van der Waals surface area contributed by atoms with Crippen molar-refractivity contribution < 1.29 is 18.7 Å². The number of methoxy groups -OCH3 is 1. The van der Waals surface area contributed by atoms with Gasteiger partial charge in [0.2, 0.25) is 11.8 Å². The smallest absolute Gasteiger partial charge is 0.250 e. The number of nitrogens with zero attached hydrogens (tertiary/aromatic N) is 1. The van der Waals surface area contributed by atoms with Crippen LogP contribution in [0.2, 0.25) is 0 Å². The van der Waals surface area contributed by atoms with Crippen molar-refractivity contribution in [2.75, 3.05) is 32.2 Å². The second-order valence-electron chi connectivity index (χ2n) is 6.29. The molecule has 4 rings (SSSR count). The maximum atomic E-state index is 12.2. The van der Waals surface area contributed by atoms with E-state index in [0.29, 0.717) is 35.9 Å². The Morgan fingerprint density at radius 3 is 2.75 bits per heavy atom. The average molecular weight is 376 g/mol. The van der Waals surface area contributed by atoms with Crippen LogP contribution < -0.4 is 5.32 Å². The summed E-state index contributed by atoms with van der Waals surface area (Å²) in [5.74, 6) is 0.215. The van der Waals surface area contributed by atoms with Crippen molar-refractivity contribution in [1.82, 2.24) is 4.98 Å². The van der Waals surface area contributed by atoms with E-state index in [0.717, 1.165) is 16.3 Å². The van der Waals surface area contributed by atoms with Gasteiger partial charge in [-0.2, -0.15) is 0 Å². The molecule has 0 aliphatic heterocycles. The van der Waals surface area contributed by atoms with Crippen molar-refractivity contribution in [2.24, 2.45) is 0 Å². The summed E-state index contributed by atoms with van der Waals surface area (Å²) in [4.78, 5) is 16.9. The monoisotopic (exact) mass is 376 g/mol. The highest BCUT2D eigenvalue weighted by Crippen LogP contribution is 2.33. The van der Waals surface area contributed by atoms with Crippen molar-refractivity contribution in [1.29, 1.82) is 0 Å². The molecule has 0 spiro atoms. The molecule has 0 unspecified atom stereocenters. The summed E-state index contributed by atoms with van der Waals surface area (Å²) in [7, 11) is 1.59. The molecular weight excluding hydrogens is 356 g/mol. The zero-order valence-corrected chi connectivity index (χ0v) is 15.5. The fraction of sp³-hybridized carbons (Fsp3) is 0.182. The minimum atomic E-state index is -0.245. The number of fused-ring (bicyclic) bond motifs is 3. The Hall–Kier alpha value is -3.22. The van der Waals surface area contributed by atoms with Gasteiger partial charge >= 0.3 is 0 Å². The number of oxazole rings is 1. The molecule has 0 aliphatic rings. The van der Waals surface area contributed by atoms with Crippen LogP contribution in [0, 0.1) is 0 Å². The van der Waals surface area contributed by atoms with Gasteiger partial charge in [0, 0.05) is 12.5 Å². The number of amides is 1. The predicted octanol–water partition coefficient (Wildman–Crippen LogP) is 4.25. The van der Waals surface area contributed by atoms with Crippen molar-refractivity contribution in [3.63, 3.8) is 0 Å². The Morgan fingerprint density at radius 2 is 1.86 bits per heavy atom. The summed E-state index contributed by atoms with van der Waals surface area (Å²) in [6, 6.07) is 19.4. The van der Waals surface area contributed by atoms with Gasteiger partial charge in [0.1, 0.15) is 12.1 Å². The summed E-state index contributed by atoms with van der Waals surface area (Å²) in [6.45, 7) is 0.764. The molecule has 0 aliphatic carbocycles. The summed E-state index contributed by atoms with van der Waals surface area (Å²) >= 11 is 0. The van der Waals surface area contributed by atoms with E-state index >= 15 is 0 Å². The van der Waals surface area contributed by atoms with Gasteiger partial charge in [-0.25, -0.2) is 4.98 Å². The number of anilines is 1. The molecule has 3 aromatic carbocycles. The molecular formula is C22H20N2O4. The molecule has 0 bridgehead atoms. The minimum absolute atomic E-state index is 0.0457. The Balaban J connectivity index is 1.63. The summed E-state index contributed by atoms with van der Waals surface area (Å²) in [5.41, 5.74) is 2.85. The van der Waals surface area contributed by atoms with E-state index in [-0.39, 0.29) is 12.5 Å². The highest BCUT2D eigenvalue weighted by Gasteiger charge is 2.15. The van der Waals surface area contributed by atoms with Gasteiger partial charge in [-0.05, 0) is 23.6 Å². The maximum Gasteiger partial charge on any atom is 0.250 e. The largest absolute Gasteiger partial charge is 0.436 e. The normalized spacial score (nSPS) is 11.2. The fourth-order valence-electron chi connectivity index (χ4n) is 3.05. The number of para-hydroxylation sites is 1. The molecule has 142 valence electrons. The second-order valence-corrected chi connectivity index (χ2v) is 6.29. The Bertz CT molecular complexity index is 1120. The zero-order valence-electron chi connectivity index (χ0n) is 15.5. The van der Waals surface area contributed by atoms with Crippen molar-refractivity contribution in [2.45, 2.75) is 0 Å². The maximum absolute atomic E-state index is 12.2. The number of aromatic nitrogens is 1. The number of rotatable bonds is 7. The lowest BCUT2D eigenvalue weighted by atomic mass is 10.1. The molecule has 1 aromatic heterocycles. The highest BCUT2D eigenvalue weighted by molar-refractivity contribution is 6.04. The summed E-state index contributed by atoms with van der Waals surface area (Å²) < 4.78 is 16.2. The van der Waals surface area contributed by atoms with Crippen LogP contribution in [0.15, 0.2) is 65.1 Å². The number of carbonyl (C=O) groups is 1.